The smallest absolute Gasteiger partial charge is 0.0947 e. The second-order valence-electron chi connectivity index (χ2n) is 4.18. The fourth-order valence-electron chi connectivity index (χ4n) is 1.83. The van der Waals surface area contributed by atoms with Gasteiger partial charge in [-0.05, 0) is 19.4 Å². The summed E-state index contributed by atoms with van der Waals surface area (Å²) >= 11 is 0. The van der Waals surface area contributed by atoms with Crippen LogP contribution in [0.5, 0.6) is 0 Å². The summed E-state index contributed by atoms with van der Waals surface area (Å²) in [6.07, 6.45) is 4.51. The van der Waals surface area contributed by atoms with Crippen LogP contribution in [0.2, 0.25) is 0 Å². The van der Waals surface area contributed by atoms with Crippen LogP contribution < -0.4 is 5.73 Å². The molecule has 0 fully saturated rings. The highest BCUT2D eigenvalue weighted by Gasteiger charge is 2.16. The number of hydrogen-bond acceptors (Lipinski definition) is 4. The molecule has 17 heavy (non-hydrogen) atoms. The highest BCUT2D eigenvalue weighted by molar-refractivity contribution is 5.30. The third-order valence-electron chi connectivity index (χ3n) is 2.74. The summed E-state index contributed by atoms with van der Waals surface area (Å²) in [5, 5.41) is 8.25. The first-order valence-electron chi connectivity index (χ1n) is 5.68. The van der Waals surface area contributed by atoms with Crippen molar-refractivity contribution in [1.82, 2.24) is 19.7 Å². The third-order valence-corrected chi connectivity index (χ3v) is 2.74. The molecule has 2 aromatic rings. The summed E-state index contributed by atoms with van der Waals surface area (Å²) in [6.45, 7) is 3.97. The van der Waals surface area contributed by atoms with Gasteiger partial charge in [0, 0.05) is 18.8 Å². The Balaban J connectivity index is 2.42. The maximum Gasteiger partial charge on any atom is 0.0947 e. The van der Waals surface area contributed by atoms with E-state index in [0.717, 1.165) is 29.1 Å². The summed E-state index contributed by atoms with van der Waals surface area (Å²) in [6, 6.07) is 1.76. The van der Waals surface area contributed by atoms with Crippen LogP contribution in [0.25, 0.3) is 0 Å². The van der Waals surface area contributed by atoms with Crippen LogP contribution in [0.3, 0.4) is 0 Å². The molecule has 2 N–H and O–H groups in total. The molecule has 0 aromatic carbocycles. The van der Waals surface area contributed by atoms with E-state index >= 15 is 0 Å². The SMILES string of the molecule is CCc1nnc(C)cc1C(N)c1cn(C)cn1. The van der Waals surface area contributed by atoms with Gasteiger partial charge in [0.2, 0.25) is 0 Å². The number of nitrogens with two attached hydrogens (primary N) is 1. The Hall–Kier alpha value is -1.75. The van der Waals surface area contributed by atoms with Crippen LogP contribution in [0.4, 0.5) is 0 Å². The van der Waals surface area contributed by atoms with Crippen molar-refractivity contribution in [1.29, 1.82) is 0 Å². The molecule has 0 aliphatic carbocycles. The molecule has 5 heteroatoms. The highest BCUT2D eigenvalue weighted by Crippen LogP contribution is 2.20. The largest absolute Gasteiger partial charge is 0.340 e. The van der Waals surface area contributed by atoms with E-state index in [9.17, 15) is 0 Å². The van der Waals surface area contributed by atoms with E-state index in [1.807, 2.05) is 37.7 Å². The molecule has 0 spiro atoms. The Morgan fingerprint density at radius 3 is 2.76 bits per heavy atom. The monoisotopic (exact) mass is 231 g/mol. The molecule has 1 unspecified atom stereocenters. The van der Waals surface area contributed by atoms with E-state index in [4.69, 9.17) is 5.73 Å². The summed E-state index contributed by atoms with van der Waals surface area (Å²) in [4.78, 5) is 4.29. The molecule has 0 saturated heterocycles. The van der Waals surface area contributed by atoms with Gasteiger partial charge in [0.25, 0.3) is 0 Å². The fourth-order valence-corrected chi connectivity index (χ4v) is 1.83. The zero-order valence-electron chi connectivity index (χ0n) is 10.4. The first kappa shape index (κ1) is 11.7. The molecule has 0 bridgehead atoms. The highest BCUT2D eigenvalue weighted by atomic mass is 15.1. The first-order chi connectivity index (χ1) is 8.11. The molecule has 0 amide bonds. The van der Waals surface area contributed by atoms with Crippen molar-refractivity contribution in [2.75, 3.05) is 0 Å². The van der Waals surface area contributed by atoms with Crippen LogP contribution in [-0.2, 0) is 13.5 Å². The average Bonchev–Trinajstić information content (AvgIpc) is 2.75. The number of rotatable bonds is 3. The molecular formula is C12H17N5. The maximum atomic E-state index is 6.23. The minimum absolute atomic E-state index is 0.236. The van der Waals surface area contributed by atoms with Crippen LogP contribution in [-0.4, -0.2) is 19.7 Å². The lowest BCUT2D eigenvalue weighted by Crippen LogP contribution is -2.16. The van der Waals surface area contributed by atoms with Crippen molar-refractivity contribution in [2.45, 2.75) is 26.3 Å². The Kier molecular flexibility index (Phi) is 3.19. The van der Waals surface area contributed by atoms with Gasteiger partial charge in [0.1, 0.15) is 0 Å². The molecule has 1 atom stereocenters. The normalized spacial score (nSPS) is 12.7. The van der Waals surface area contributed by atoms with E-state index in [1.54, 1.807) is 6.33 Å². The number of aromatic nitrogens is 4. The predicted octanol–water partition coefficient (Wildman–Crippen LogP) is 1.13. The Morgan fingerprint density at radius 2 is 2.18 bits per heavy atom. The molecule has 2 aromatic heterocycles. The van der Waals surface area contributed by atoms with E-state index in [1.165, 1.54) is 0 Å². The Morgan fingerprint density at radius 1 is 1.41 bits per heavy atom. The summed E-state index contributed by atoms with van der Waals surface area (Å²) in [5.74, 6) is 0. The second-order valence-corrected chi connectivity index (χ2v) is 4.18. The van der Waals surface area contributed by atoms with Crippen molar-refractivity contribution in [3.05, 3.63) is 41.2 Å². The zero-order valence-corrected chi connectivity index (χ0v) is 10.4. The molecule has 0 radical (unpaired) electrons. The van der Waals surface area contributed by atoms with Gasteiger partial charge in [-0.25, -0.2) is 4.98 Å². The summed E-state index contributed by atoms with van der Waals surface area (Å²) < 4.78 is 1.89. The van der Waals surface area contributed by atoms with Gasteiger partial charge >= 0.3 is 0 Å². The molecule has 90 valence electrons. The first-order valence-corrected chi connectivity index (χ1v) is 5.68. The Bertz CT molecular complexity index is 517. The van der Waals surface area contributed by atoms with E-state index in [2.05, 4.69) is 15.2 Å². The maximum absolute atomic E-state index is 6.23. The summed E-state index contributed by atoms with van der Waals surface area (Å²) in [7, 11) is 1.93. The molecular weight excluding hydrogens is 214 g/mol. The fraction of sp³-hybridized carbons (Fsp3) is 0.417. The lowest BCUT2D eigenvalue weighted by atomic mass is 10.0. The van der Waals surface area contributed by atoms with E-state index < -0.39 is 0 Å². The lowest BCUT2D eigenvalue weighted by Gasteiger charge is -2.13. The topological polar surface area (TPSA) is 69.6 Å². The van der Waals surface area contributed by atoms with Gasteiger partial charge in [-0.1, -0.05) is 6.92 Å². The third kappa shape index (κ3) is 2.34. The standard InChI is InChI=1S/C12H17N5/c1-4-10-9(5-8(2)15-16-10)12(13)11-6-17(3)7-14-11/h5-7,12H,4,13H2,1-3H3. The number of nitrogens with zero attached hydrogens (tertiary/aromatic N) is 4. The quantitative estimate of drug-likeness (QED) is 0.859. The second kappa shape index (κ2) is 4.63. The summed E-state index contributed by atoms with van der Waals surface area (Å²) in [5.41, 5.74) is 9.92. The number of aryl methyl sites for hydroxylation is 3. The van der Waals surface area contributed by atoms with Gasteiger partial charge in [0.15, 0.2) is 0 Å². The van der Waals surface area contributed by atoms with Crippen molar-refractivity contribution in [3.63, 3.8) is 0 Å². The number of hydrogen-bond donors (Lipinski definition) is 1. The van der Waals surface area contributed by atoms with Gasteiger partial charge in [-0.2, -0.15) is 10.2 Å². The van der Waals surface area contributed by atoms with Crippen molar-refractivity contribution in [2.24, 2.45) is 12.8 Å². The molecule has 0 aliphatic heterocycles. The number of imidazole rings is 1. The van der Waals surface area contributed by atoms with Crippen LogP contribution in [0.15, 0.2) is 18.6 Å². The van der Waals surface area contributed by atoms with Crippen molar-refractivity contribution in [3.8, 4) is 0 Å². The van der Waals surface area contributed by atoms with Gasteiger partial charge in [-0.3, -0.25) is 0 Å². The van der Waals surface area contributed by atoms with Crippen molar-refractivity contribution < 1.29 is 0 Å². The van der Waals surface area contributed by atoms with Crippen LogP contribution in [0.1, 0.15) is 35.6 Å². The molecule has 0 aliphatic rings. The molecule has 2 rings (SSSR count). The predicted molar refractivity (Wildman–Crippen MR) is 65.4 cm³/mol. The zero-order chi connectivity index (χ0) is 12.4. The average molecular weight is 231 g/mol. The van der Waals surface area contributed by atoms with Crippen LogP contribution >= 0.6 is 0 Å². The van der Waals surface area contributed by atoms with Gasteiger partial charge in [-0.15, -0.1) is 0 Å². The minimum Gasteiger partial charge on any atom is -0.340 e. The molecule has 5 nitrogen and oxygen atoms in total. The minimum atomic E-state index is -0.236. The van der Waals surface area contributed by atoms with E-state index in [-0.39, 0.29) is 6.04 Å². The Labute approximate surface area is 101 Å². The van der Waals surface area contributed by atoms with Crippen molar-refractivity contribution >= 4 is 0 Å². The van der Waals surface area contributed by atoms with Crippen LogP contribution in [0, 0.1) is 6.92 Å². The van der Waals surface area contributed by atoms with Gasteiger partial charge < -0.3 is 10.3 Å². The van der Waals surface area contributed by atoms with E-state index in [0.29, 0.717) is 0 Å². The molecule has 2 heterocycles. The van der Waals surface area contributed by atoms with Gasteiger partial charge in [0.05, 0.1) is 29.5 Å². The molecule has 0 saturated carbocycles. The lowest BCUT2D eigenvalue weighted by molar-refractivity contribution is 0.772.